The molecule has 1 aliphatic rings. The molecule has 24 heavy (non-hydrogen) atoms. The van der Waals surface area contributed by atoms with Crippen LogP contribution in [0.3, 0.4) is 0 Å². The molecule has 0 saturated heterocycles. The van der Waals surface area contributed by atoms with Crippen LogP contribution < -0.4 is 10.6 Å². The van der Waals surface area contributed by atoms with Gasteiger partial charge >= 0.3 is 0 Å². The van der Waals surface area contributed by atoms with Crippen molar-refractivity contribution in [1.29, 1.82) is 0 Å². The summed E-state index contributed by atoms with van der Waals surface area (Å²) in [6.45, 7) is 6.08. The average molecular weight is 342 g/mol. The molecule has 0 bridgehead atoms. The van der Waals surface area contributed by atoms with Gasteiger partial charge in [0.05, 0.1) is 4.88 Å². The van der Waals surface area contributed by atoms with E-state index in [4.69, 9.17) is 0 Å². The van der Waals surface area contributed by atoms with E-state index >= 15 is 0 Å². The lowest BCUT2D eigenvalue weighted by atomic mass is 10.1. The largest absolute Gasteiger partial charge is 0.326 e. The lowest BCUT2D eigenvalue weighted by Crippen LogP contribution is -2.15. The fraction of sp³-hybridized carbons (Fsp3) is 0.368. The maximum absolute atomic E-state index is 12.5. The SMILES string of the molecule is CCc1cc(C(=O)Nc2cc(NC(=O)C3CC3)ccc2C)sc1C. The molecule has 1 fully saturated rings. The third kappa shape index (κ3) is 3.67. The van der Waals surface area contributed by atoms with Crippen LogP contribution in [0.15, 0.2) is 24.3 Å². The van der Waals surface area contributed by atoms with Crippen molar-refractivity contribution in [2.24, 2.45) is 5.92 Å². The Balaban J connectivity index is 1.75. The summed E-state index contributed by atoms with van der Waals surface area (Å²) in [7, 11) is 0. The van der Waals surface area contributed by atoms with Crippen molar-refractivity contribution in [3.63, 3.8) is 0 Å². The minimum Gasteiger partial charge on any atom is -0.326 e. The summed E-state index contributed by atoms with van der Waals surface area (Å²) in [5.41, 5.74) is 3.64. The number of carbonyl (C=O) groups is 2. The van der Waals surface area contributed by atoms with Crippen LogP contribution in [-0.2, 0) is 11.2 Å². The number of rotatable bonds is 5. The van der Waals surface area contributed by atoms with E-state index < -0.39 is 0 Å². The van der Waals surface area contributed by atoms with Gasteiger partial charge in [0.15, 0.2) is 0 Å². The Morgan fingerprint density at radius 2 is 1.92 bits per heavy atom. The molecule has 1 aliphatic carbocycles. The fourth-order valence-corrected chi connectivity index (χ4v) is 3.60. The Hall–Kier alpha value is -2.14. The van der Waals surface area contributed by atoms with Crippen LogP contribution in [0.1, 0.15) is 45.4 Å². The zero-order valence-electron chi connectivity index (χ0n) is 14.2. The highest BCUT2D eigenvalue weighted by Gasteiger charge is 2.29. The summed E-state index contributed by atoms with van der Waals surface area (Å²) < 4.78 is 0. The molecule has 0 unspecified atom stereocenters. The molecule has 1 aromatic carbocycles. The zero-order valence-corrected chi connectivity index (χ0v) is 15.0. The number of hydrogen-bond acceptors (Lipinski definition) is 3. The average Bonchev–Trinajstić information content (AvgIpc) is 3.33. The van der Waals surface area contributed by atoms with Gasteiger partial charge in [0.2, 0.25) is 5.91 Å². The van der Waals surface area contributed by atoms with Crippen LogP contribution in [0.2, 0.25) is 0 Å². The number of amides is 2. The molecule has 3 rings (SSSR count). The molecule has 0 aliphatic heterocycles. The minimum absolute atomic E-state index is 0.0672. The fourth-order valence-electron chi connectivity index (χ4n) is 2.59. The van der Waals surface area contributed by atoms with Gasteiger partial charge in [-0.1, -0.05) is 13.0 Å². The van der Waals surface area contributed by atoms with Gasteiger partial charge in [0.1, 0.15) is 0 Å². The lowest BCUT2D eigenvalue weighted by Gasteiger charge is -2.11. The van der Waals surface area contributed by atoms with Crippen LogP contribution in [-0.4, -0.2) is 11.8 Å². The molecule has 126 valence electrons. The van der Waals surface area contributed by atoms with E-state index in [1.165, 1.54) is 21.8 Å². The second-order valence-corrected chi connectivity index (χ2v) is 7.55. The van der Waals surface area contributed by atoms with Crippen LogP contribution in [0.25, 0.3) is 0 Å². The predicted octanol–water partition coefficient (Wildman–Crippen LogP) is 4.53. The van der Waals surface area contributed by atoms with Crippen molar-refractivity contribution in [2.45, 2.75) is 40.0 Å². The van der Waals surface area contributed by atoms with E-state index in [9.17, 15) is 9.59 Å². The highest BCUT2D eigenvalue weighted by molar-refractivity contribution is 7.14. The molecular weight excluding hydrogens is 320 g/mol. The third-order valence-electron chi connectivity index (χ3n) is 4.33. The number of carbonyl (C=O) groups excluding carboxylic acids is 2. The number of thiophene rings is 1. The number of aryl methyl sites for hydroxylation is 3. The Labute approximate surface area is 146 Å². The first kappa shape index (κ1) is 16.7. The van der Waals surface area contributed by atoms with Crippen molar-refractivity contribution < 1.29 is 9.59 Å². The van der Waals surface area contributed by atoms with Crippen molar-refractivity contribution >= 4 is 34.5 Å². The van der Waals surface area contributed by atoms with Gasteiger partial charge < -0.3 is 10.6 Å². The summed E-state index contributed by atoms with van der Waals surface area (Å²) in [5.74, 6) is 0.125. The van der Waals surface area contributed by atoms with Crippen LogP contribution in [0.4, 0.5) is 11.4 Å². The maximum Gasteiger partial charge on any atom is 0.265 e. The standard InChI is InChI=1S/C19H22N2O2S/c1-4-13-9-17(24-12(13)3)19(23)21-16-10-15(8-5-11(16)2)20-18(22)14-6-7-14/h5,8-10,14H,4,6-7H2,1-3H3,(H,20,22)(H,21,23). The van der Waals surface area contributed by atoms with E-state index in [0.717, 1.165) is 41.1 Å². The lowest BCUT2D eigenvalue weighted by molar-refractivity contribution is -0.117. The van der Waals surface area contributed by atoms with Crippen molar-refractivity contribution in [2.75, 3.05) is 10.6 Å². The first-order chi connectivity index (χ1) is 11.5. The normalized spacial score (nSPS) is 13.6. The monoisotopic (exact) mass is 342 g/mol. The highest BCUT2D eigenvalue weighted by atomic mass is 32.1. The molecule has 1 heterocycles. The highest BCUT2D eigenvalue weighted by Crippen LogP contribution is 2.31. The third-order valence-corrected chi connectivity index (χ3v) is 5.42. The molecule has 1 aromatic heterocycles. The van der Waals surface area contributed by atoms with E-state index in [1.807, 2.05) is 38.1 Å². The topological polar surface area (TPSA) is 58.2 Å². The van der Waals surface area contributed by atoms with Gasteiger partial charge in [-0.2, -0.15) is 0 Å². The van der Waals surface area contributed by atoms with Crippen LogP contribution in [0.5, 0.6) is 0 Å². The zero-order chi connectivity index (χ0) is 17.3. The van der Waals surface area contributed by atoms with E-state index in [2.05, 4.69) is 17.6 Å². The molecule has 5 heteroatoms. The number of nitrogens with one attached hydrogen (secondary N) is 2. The molecule has 2 amide bonds. The number of anilines is 2. The number of hydrogen-bond donors (Lipinski definition) is 2. The molecular formula is C19H22N2O2S. The Morgan fingerprint density at radius 1 is 1.17 bits per heavy atom. The van der Waals surface area contributed by atoms with Crippen molar-refractivity contribution in [3.05, 3.63) is 45.1 Å². The van der Waals surface area contributed by atoms with Gasteiger partial charge in [0.25, 0.3) is 5.91 Å². The molecule has 0 atom stereocenters. The summed E-state index contributed by atoms with van der Waals surface area (Å²) in [5, 5.41) is 5.89. The quantitative estimate of drug-likeness (QED) is 0.839. The number of benzene rings is 1. The first-order valence-corrected chi connectivity index (χ1v) is 9.11. The molecule has 0 radical (unpaired) electrons. The Morgan fingerprint density at radius 3 is 2.54 bits per heavy atom. The molecule has 4 nitrogen and oxygen atoms in total. The second kappa shape index (κ2) is 6.77. The Kier molecular flexibility index (Phi) is 4.71. The van der Waals surface area contributed by atoms with Gasteiger partial charge in [-0.05, 0) is 62.4 Å². The van der Waals surface area contributed by atoms with Crippen molar-refractivity contribution in [3.8, 4) is 0 Å². The maximum atomic E-state index is 12.5. The summed E-state index contributed by atoms with van der Waals surface area (Å²) in [6.07, 6.45) is 2.87. The predicted molar refractivity (Wildman–Crippen MR) is 98.9 cm³/mol. The van der Waals surface area contributed by atoms with Gasteiger partial charge in [0, 0.05) is 22.2 Å². The van der Waals surface area contributed by atoms with E-state index in [1.54, 1.807) is 0 Å². The minimum atomic E-state index is -0.100. The summed E-state index contributed by atoms with van der Waals surface area (Å²) >= 11 is 1.52. The Bertz CT molecular complexity index is 791. The van der Waals surface area contributed by atoms with Crippen LogP contribution >= 0.6 is 11.3 Å². The summed E-state index contributed by atoms with van der Waals surface area (Å²) in [6, 6.07) is 7.57. The first-order valence-electron chi connectivity index (χ1n) is 8.30. The van der Waals surface area contributed by atoms with E-state index in [-0.39, 0.29) is 17.7 Å². The van der Waals surface area contributed by atoms with Gasteiger partial charge in [-0.15, -0.1) is 11.3 Å². The smallest absolute Gasteiger partial charge is 0.265 e. The molecule has 2 aromatic rings. The van der Waals surface area contributed by atoms with Crippen LogP contribution in [0, 0.1) is 19.8 Å². The van der Waals surface area contributed by atoms with Crippen molar-refractivity contribution in [1.82, 2.24) is 0 Å². The van der Waals surface area contributed by atoms with E-state index in [0.29, 0.717) is 0 Å². The molecule has 0 spiro atoms. The second-order valence-electron chi connectivity index (χ2n) is 6.29. The summed E-state index contributed by atoms with van der Waals surface area (Å²) in [4.78, 5) is 26.3. The van der Waals surface area contributed by atoms with Gasteiger partial charge in [-0.25, -0.2) is 0 Å². The molecule has 2 N–H and O–H groups in total. The van der Waals surface area contributed by atoms with Gasteiger partial charge in [-0.3, -0.25) is 9.59 Å². The molecule has 1 saturated carbocycles.